The molecule has 0 rings (SSSR count). The van der Waals surface area contributed by atoms with Crippen LogP contribution in [0.3, 0.4) is 0 Å². The predicted molar refractivity (Wildman–Crippen MR) is 43.2 cm³/mol. The summed E-state index contributed by atoms with van der Waals surface area (Å²) in [5.41, 5.74) is 0. The van der Waals surface area contributed by atoms with E-state index in [1.54, 1.807) is 0 Å². The fourth-order valence-corrected chi connectivity index (χ4v) is 0.714. The molecule has 0 aromatic heterocycles. The van der Waals surface area contributed by atoms with Crippen LogP contribution in [0.5, 0.6) is 0 Å². The second-order valence-electron chi connectivity index (χ2n) is 2.36. The first-order chi connectivity index (χ1) is 6.56. The maximum absolute atomic E-state index is 11.1. The van der Waals surface area contributed by atoms with Crippen molar-refractivity contribution in [1.29, 1.82) is 0 Å². The zero-order valence-electron chi connectivity index (χ0n) is 7.81. The molecule has 0 N–H and O–H groups in total. The highest BCUT2D eigenvalue weighted by molar-refractivity contribution is 6.14. The van der Waals surface area contributed by atoms with Crippen LogP contribution >= 0.6 is 0 Å². The number of ketones is 1. The van der Waals surface area contributed by atoms with E-state index in [9.17, 15) is 19.2 Å². The van der Waals surface area contributed by atoms with Gasteiger partial charge in [0, 0.05) is 0 Å². The second-order valence-corrected chi connectivity index (χ2v) is 2.36. The fourth-order valence-electron chi connectivity index (χ4n) is 0.714. The molecule has 1 atom stereocenters. The van der Waals surface area contributed by atoms with E-state index >= 15 is 0 Å². The Hall–Kier alpha value is -1.72. The van der Waals surface area contributed by atoms with E-state index in [1.807, 2.05) is 0 Å². The lowest BCUT2D eigenvalue weighted by Gasteiger charge is -2.05. The predicted octanol–water partition coefficient (Wildman–Crippen LogP) is -0.893. The molecule has 0 saturated carbocycles. The molecule has 6 heteroatoms. The van der Waals surface area contributed by atoms with E-state index in [2.05, 4.69) is 9.47 Å². The van der Waals surface area contributed by atoms with Gasteiger partial charge in [0.1, 0.15) is 12.7 Å². The third-order valence-electron chi connectivity index (χ3n) is 1.48. The highest BCUT2D eigenvalue weighted by Crippen LogP contribution is 2.02. The molecule has 0 radical (unpaired) electrons. The van der Waals surface area contributed by atoms with Crippen molar-refractivity contribution in [3.8, 4) is 0 Å². The van der Waals surface area contributed by atoms with E-state index in [0.717, 1.165) is 14.2 Å². The summed E-state index contributed by atoms with van der Waals surface area (Å²) in [5, 5.41) is 0. The van der Waals surface area contributed by atoms with Gasteiger partial charge in [0.05, 0.1) is 14.2 Å². The third-order valence-corrected chi connectivity index (χ3v) is 1.48. The number of hydrogen-bond donors (Lipinski definition) is 0. The van der Waals surface area contributed by atoms with Crippen molar-refractivity contribution in [3.05, 3.63) is 0 Å². The molecular weight excluding hydrogens is 192 g/mol. The Morgan fingerprint density at radius 3 is 2.14 bits per heavy atom. The first-order valence-corrected chi connectivity index (χ1v) is 3.69. The zero-order valence-corrected chi connectivity index (χ0v) is 7.81. The van der Waals surface area contributed by atoms with Crippen molar-refractivity contribution >= 4 is 24.0 Å². The van der Waals surface area contributed by atoms with Gasteiger partial charge in [-0.15, -0.1) is 0 Å². The van der Waals surface area contributed by atoms with Gasteiger partial charge in [0.2, 0.25) is 0 Å². The number of methoxy groups -OCH3 is 2. The van der Waals surface area contributed by atoms with E-state index in [-0.39, 0.29) is 6.29 Å². The highest BCUT2D eigenvalue weighted by atomic mass is 16.5. The molecule has 0 aromatic carbocycles. The lowest BCUT2D eigenvalue weighted by Crippen LogP contribution is -2.28. The Morgan fingerprint density at radius 1 is 1.21 bits per heavy atom. The lowest BCUT2D eigenvalue weighted by atomic mass is 10.0. The van der Waals surface area contributed by atoms with Crippen LogP contribution in [0.1, 0.15) is 6.42 Å². The van der Waals surface area contributed by atoms with Gasteiger partial charge in [-0.1, -0.05) is 0 Å². The number of ether oxygens (including phenoxy) is 2. The van der Waals surface area contributed by atoms with E-state index < -0.39 is 30.1 Å². The maximum atomic E-state index is 11.1. The average molecular weight is 202 g/mol. The molecule has 0 spiro atoms. The van der Waals surface area contributed by atoms with Gasteiger partial charge >= 0.3 is 11.9 Å². The maximum Gasteiger partial charge on any atom is 0.323 e. The molecule has 0 bridgehead atoms. The molecule has 0 aliphatic carbocycles. The number of Topliss-reactive ketones (excluding diaryl/α,β-unsaturated/α-hetero) is 1. The van der Waals surface area contributed by atoms with Crippen molar-refractivity contribution in [2.75, 3.05) is 14.2 Å². The Labute approximate surface area is 80.2 Å². The highest BCUT2D eigenvalue weighted by Gasteiger charge is 2.28. The second kappa shape index (κ2) is 5.85. The van der Waals surface area contributed by atoms with Crippen LogP contribution in [0, 0.1) is 5.92 Å². The van der Waals surface area contributed by atoms with Crippen LogP contribution in [0.15, 0.2) is 0 Å². The van der Waals surface area contributed by atoms with Gasteiger partial charge < -0.3 is 14.3 Å². The van der Waals surface area contributed by atoms with Crippen LogP contribution < -0.4 is 0 Å². The van der Waals surface area contributed by atoms with Gasteiger partial charge in [-0.3, -0.25) is 14.4 Å². The number of carbonyl (C=O) groups excluding carboxylic acids is 4. The average Bonchev–Trinajstić information content (AvgIpc) is 2.18. The summed E-state index contributed by atoms with van der Waals surface area (Å²) in [7, 11) is 2.15. The Kier molecular flexibility index (Phi) is 5.13. The van der Waals surface area contributed by atoms with Crippen molar-refractivity contribution < 1.29 is 28.7 Å². The summed E-state index contributed by atoms with van der Waals surface area (Å²) in [4.78, 5) is 42.9. The molecule has 6 nitrogen and oxygen atoms in total. The lowest BCUT2D eigenvalue weighted by molar-refractivity contribution is -0.152. The normalized spacial score (nSPS) is 11.3. The van der Waals surface area contributed by atoms with E-state index in [4.69, 9.17) is 0 Å². The largest absolute Gasteiger partial charge is 0.469 e. The number of carbonyl (C=O) groups is 4. The Bertz CT molecular complexity index is 257. The van der Waals surface area contributed by atoms with Crippen molar-refractivity contribution in [2.24, 2.45) is 5.92 Å². The van der Waals surface area contributed by atoms with Gasteiger partial charge in [-0.2, -0.15) is 0 Å². The van der Waals surface area contributed by atoms with Gasteiger partial charge in [-0.05, 0) is 0 Å². The number of hydrogen-bond acceptors (Lipinski definition) is 6. The number of esters is 2. The van der Waals surface area contributed by atoms with Gasteiger partial charge in [-0.25, -0.2) is 0 Å². The van der Waals surface area contributed by atoms with Crippen LogP contribution in [0.2, 0.25) is 0 Å². The SMILES string of the molecule is COC(=O)CC(=O)C(C=O)C(=O)OC. The summed E-state index contributed by atoms with van der Waals surface area (Å²) in [6.07, 6.45) is -0.480. The molecule has 78 valence electrons. The molecule has 0 amide bonds. The van der Waals surface area contributed by atoms with Crippen molar-refractivity contribution in [3.63, 3.8) is 0 Å². The standard InChI is InChI=1S/C8H10O6/c1-13-7(11)3-6(10)5(4-9)8(12)14-2/h4-5H,3H2,1-2H3. The number of rotatable bonds is 5. The Balaban J connectivity index is 4.40. The van der Waals surface area contributed by atoms with Crippen molar-refractivity contribution in [1.82, 2.24) is 0 Å². The molecule has 0 aromatic rings. The molecular formula is C8H10O6. The summed E-state index contributed by atoms with van der Waals surface area (Å²) in [6.45, 7) is 0. The van der Waals surface area contributed by atoms with Gasteiger partial charge in [0.15, 0.2) is 11.7 Å². The topological polar surface area (TPSA) is 86.7 Å². The van der Waals surface area contributed by atoms with E-state index in [1.165, 1.54) is 0 Å². The molecule has 1 unspecified atom stereocenters. The quantitative estimate of drug-likeness (QED) is 0.326. The van der Waals surface area contributed by atoms with E-state index in [0.29, 0.717) is 0 Å². The monoisotopic (exact) mass is 202 g/mol. The minimum Gasteiger partial charge on any atom is -0.469 e. The van der Waals surface area contributed by atoms with Gasteiger partial charge in [0.25, 0.3) is 0 Å². The number of aldehydes is 1. The summed E-state index contributed by atoms with van der Waals surface area (Å²) in [6, 6.07) is 0. The molecule has 0 fully saturated rings. The molecule has 0 aliphatic heterocycles. The minimum atomic E-state index is -1.54. The summed E-state index contributed by atoms with van der Waals surface area (Å²) in [5.74, 6) is -4.16. The fraction of sp³-hybridized carbons (Fsp3) is 0.500. The molecule has 0 aliphatic rings. The first kappa shape index (κ1) is 12.3. The Morgan fingerprint density at radius 2 is 1.79 bits per heavy atom. The minimum absolute atomic E-state index is 0.136. The van der Waals surface area contributed by atoms with Crippen LogP contribution in [-0.2, 0) is 28.7 Å². The first-order valence-electron chi connectivity index (χ1n) is 3.69. The smallest absolute Gasteiger partial charge is 0.323 e. The zero-order chi connectivity index (χ0) is 11.1. The molecule has 14 heavy (non-hydrogen) atoms. The van der Waals surface area contributed by atoms with Crippen LogP contribution in [-0.4, -0.2) is 38.2 Å². The molecule has 0 saturated heterocycles. The molecule has 0 heterocycles. The third kappa shape index (κ3) is 3.34. The van der Waals surface area contributed by atoms with Crippen molar-refractivity contribution in [2.45, 2.75) is 6.42 Å². The summed E-state index contributed by atoms with van der Waals surface area (Å²) < 4.78 is 8.40. The summed E-state index contributed by atoms with van der Waals surface area (Å²) >= 11 is 0. The van der Waals surface area contributed by atoms with Crippen LogP contribution in [0.4, 0.5) is 0 Å². The van der Waals surface area contributed by atoms with Crippen LogP contribution in [0.25, 0.3) is 0 Å².